The highest BCUT2D eigenvalue weighted by molar-refractivity contribution is 7.92. The third kappa shape index (κ3) is 4.23. The maximum Gasteiger partial charge on any atom is 0.263 e. The van der Waals surface area contributed by atoms with E-state index in [1.165, 1.54) is 12.1 Å². The van der Waals surface area contributed by atoms with Gasteiger partial charge in [-0.2, -0.15) is 0 Å². The molecule has 0 saturated carbocycles. The number of primary amides is 1. The van der Waals surface area contributed by atoms with E-state index in [9.17, 15) is 13.2 Å². The molecular weight excluding hydrogens is 446 g/mol. The molecule has 0 bridgehead atoms. The minimum Gasteiger partial charge on any atom is -0.486 e. The second kappa shape index (κ2) is 8.39. The summed E-state index contributed by atoms with van der Waals surface area (Å²) in [4.78, 5) is 22.9. The minimum atomic E-state index is -4.01. The zero-order valence-corrected chi connectivity index (χ0v) is 18.5. The van der Waals surface area contributed by atoms with Crippen LogP contribution in [0.25, 0.3) is 11.0 Å². The standard InChI is InChI=1S/C22H23N5O5S/c23-20(28)14-4-3-9-27(13-14)22-21(24-16-5-1-2-6-17(16)25-22)26-33(29,30)15-7-8-18-19(12-15)32-11-10-31-18/h1-2,5-8,12,14H,3-4,9-11,13H2,(H2,23,28)(H,24,26)/t14-/m0/s1. The van der Waals surface area contributed by atoms with Crippen LogP contribution in [0.15, 0.2) is 47.4 Å². The molecule has 3 aromatic rings. The highest BCUT2D eigenvalue weighted by atomic mass is 32.2. The molecule has 10 nitrogen and oxygen atoms in total. The summed E-state index contributed by atoms with van der Waals surface area (Å²) >= 11 is 0. The molecule has 0 aliphatic carbocycles. The van der Waals surface area contributed by atoms with Gasteiger partial charge in [-0.25, -0.2) is 18.4 Å². The largest absolute Gasteiger partial charge is 0.486 e. The summed E-state index contributed by atoms with van der Waals surface area (Å²) < 4.78 is 40.1. The van der Waals surface area contributed by atoms with Crippen LogP contribution < -0.4 is 24.8 Å². The first-order valence-electron chi connectivity index (χ1n) is 10.6. The quantitative estimate of drug-likeness (QED) is 0.578. The van der Waals surface area contributed by atoms with Crippen LogP contribution in [0.3, 0.4) is 0 Å². The summed E-state index contributed by atoms with van der Waals surface area (Å²) in [5.74, 6) is 0.599. The van der Waals surface area contributed by atoms with Crippen molar-refractivity contribution in [3.05, 3.63) is 42.5 Å². The van der Waals surface area contributed by atoms with Gasteiger partial charge in [0.2, 0.25) is 5.91 Å². The summed E-state index contributed by atoms with van der Waals surface area (Å²) in [6.07, 6.45) is 1.42. The molecule has 1 atom stereocenters. The molecule has 0 unspecified atom stereocenters. The van der Waals surface area contributed by atoms with Crippen molar-refractivity contribution in [2.45, 2.75) is 17.7 Å². The Hall–Kier alpha value is -3.60. The number of sulfonamides is 1. The third-order valence-corrected chi connectivity index (χ3v) is 7.07. The lowest BCUT2D eigenvalue weighted by atomic mass is 9.97. The van der Waals surface area contributed by atoms with E-state index in [0.29, 0.717) is 61.1 Å². The first kappa shape index (κ1) is 21.3. The van der Waals surface area contributed by atoms with Crippen molar-refractivity contribution >= 4 is 38.6 Å². The molecule has 2 aromatic carbocycles. The van der Waals surface area contributed by atoms with Gasteiger partial charge < -0.3 is 20.1 Å². The van der Waals surface area contributed by atoms with E-state index in [1.54, 1.807) is 24.3 Å². The summed E-state index contributed by atoms with van der Waals surface area (Å²) in [5, 5.41) is 0. The van der Waals surface area contributed by atoms with Crippen molar-refractivity contribution < 1.29 is 22.7 Å². The number of ether oxygens (including phenoxy) is 2. The number of hydrogen-bond acceptors (Lipinski definition) is 8. The van der Waals surface area contributed by atoms with Crippen LogP contribution in [-0.4, -0.2) is 50.6 Å². The Bertz CT molecular complexity index is 1330. The van der Waals surface area contributed by atoms with Gasteiger partial charge in [0.05, 0.1) is 21.8 Å². The van der Waals surface area contributed by atoms with Gasteiger partial charge in [-0.3, -0.25) is 9.52 Å². The van der Waals surface area contributed by atoms with Crippen LogP contribution in [0.2, 0.25) is 0 Å². The van der Waals surface area contributed by atoms with Crippen LogP contribution in [0.5, 0.6) is 11.5 Å². The van der Waals surface area contributed by atoms with Crippen LogP contribution in [0.1, 0.15) is 12.8 Å². The highest BCUT2D eigenvalue weighted by Crippen LogP contribution is 2.34. The number of amides is 1. The summed E-state index contributed by atoms with van der Waals surface area (Å²) in [6, 6.07) is 11.7. The van der Waals surface area contributed by atoms with Gasteiger partial charge in [-0.05, 0) is 37.1 Å². The van der Waals surface area contributed by atoms with Gasteiger partial charge in [0.1, 0.15) is 13.2 Å². The number of carbonyl (C=O) groups excluding carboxylic acids is 1. The molecule has 1 saturated heterocycles. The zero-order valence-electron chi connectivity index (χ0n) is 17.7. The van der Waals surface area contributed by atoms with Crippen LogP contribution in [0.4, 0.5) is 11.6 Å². The number of para-hydroxylation sites is 2. The number of benzene rings is 2. The molecule has 0 radical (unpaired) electrons. The number of rotatable bonds is 5. The highest BCUT2D eigenvalue weighted by Gasteiger charge is 2.29. The molecule has 2 aliphatic heterocycles. The van der Waals surface area contributed by atoms with Crippen molar-refractivity contribution in [2.75, 3.05) is 35.9 Å². The Morgan fingerprint density at radius 2 is 1.79 bits per heavy atom. The van der Waals surface area contributed by atoms with Gasteiger partial charge >= 0.3 is 0 Å². The molecule has 0 spiro atoms. The molecule has 172 valence electrons. The van der Waals surface area contributed by atoms with Crippen molar-refractivity contribution in [3.8, 4) is 11.5 Å². The molecule has 1 fully saturated rings. The SMILES string of the molecule is NC(=O)[C@H]1CCCN(c2nc3ccccc3nc2NS(=O)(=O)c2ccc3c(c2)OCCO3)C1. The maximum atomic E-state index is 13.3. The number of piperidine rings is 1. The number of nitrogens with two attached hydrogens (primary N) is 1. The number of fused-ring (bicyclic) bond motifs is 2. The number of nitrogens with zero attached hydrogens (tertiary/aromatic N) is 3. The first-order chi connectivity index (χ1) is 15.9. The molecule has 5 rings (SSSR count). The minimum absolute atomic E-state index is 0.0151. The Morgan fingerprint density at radius 1 is 1.06 bits per heavy atom. The van der Waals surface area contributed by atoms with Crippen molar-refractivity contribution in [2.24, 2.45) is 11.7 Å². The summed E-state index contributed by atoms with van der Waals surface area (Å²) in [5.41, 5.74) is 6.70. The Balaban J connectivity index is 1.54. The maximum absolute atomic E-state index is 13.3. The van der Waals surface area contributed by atoms with E-state index in [-0.39, 0.29) is 22.5 Å². The van der Waals surface area contributed by atoms with Crippen LogP contribution in [0, 0.1) is 5.92 Å². The Labute approximate surface area is 190 Å². The van der Waals surface area contributed by atoms with E-state index in [4.69, 9.17) is 15.2 Å². The third-order valence-electron chi connectivity index (χ3n) is 5.73. The first-order valence-corrected chi connectivity index (χ1v) is 12.1. The molecule has 3 heterocycles. The fourth-order valence-electron chi connectivity index (χ4n) is 4.06. The number of aromatic nitrogens is 2. The molecule has 1 amide bonds. The lowest BCUT2D eigenvalue weighted by Gasteiger charge is -2.33. The second-order valence-electron chi connectivity index (χ2n) is 7.98. The normalized spacial score (nSPS) is 18.2. The predicted octanol–water partition coefficient (Wildman–Crippen LogP) is 1.90. The fourth-order valence-corrected chi connectivity index (χ4v) is 5.08. The van der Waals surface area contributed by atoms with E-state index in [0.717, 1.165) is 6.42 Å². The Morgan fingerprint density at radius 3 is 2.55 bits per heavy atom. The number of hydrogen-bond donors (Lipinski definition) is 2. The fraction of sp³-hybridized carbons (Fsp3) is 0.318. The van der Waals surface area contributed by atoms with Gasteiger partial charge in [0, 0.05) is 19.2 Å². The lowest BCUT2D eigenvalue weighted by molar-refractivity contribution is -0.122. The number of anilines is 2. The average molecular weight is 470 g/mol. The lowest BCUT2D eigenvalue weighted by Crippen LogP contribution is -2.42. The van der Waals surface area contributed by atoms with Gasteiger partial charge in [0.25, 0.3) is 10.0 Å². The monoisotopic (exact) mass is 469 g/mol. The van der Waals surface area contributed by atoms with Gasteiger partial charge in [-0.15, -0.1) is 0 Å². The van der Waals surface area contributed by atoms with Gasteiger partial charge in [0.15, 0.2) is 23.1 Å². The molecule has 11 heteroatoms. The van der Waals surface area contributed by atoms with E-state index in [2.05, 4.69) is 14.7 Å². The van der Waals surface area contributed by atoms with E-state index < -0.39 is 10.0 Å². The summed E-state index contributed by atoms with van der Waals surface area (Å²) in [6.45, 7) is 1.71. The summed E-state index contributed by atoms with van der Waals surface area (Å²) in [7, 11) is -4.01. The van der Waals surface area contributed by atoms with Crippen LogP contribution >= 0.6 is 0 Å². The Kier molecular flexibility index (Phi) is 5.41. The second-order valence-corrected chi connectivity index (χ2v) is 9.67. The van der Waals surface area contributed by atoms with E-state index >= 15 is 0 Å². The molecule has 2 aliphatic rings. The van der Waals surface area contributed by atoms with E-state index in [1.807, 2.05) is 11.0 Å². The average Bonchev–Trinajstić information content (AvgIpc) is 2.83. The van der Waals surface area contributed by atoms with Gasteiger partial charge in [-0.1, -0.05) is 12.1 Å². The smallest absolute Gasteiger partial charge is 0.263 e. The van der Waals surface area contributed by atoms with Crippen LogP contribution in [-0.2, 0) is 14.8 Å². The van der Waals surface area contributed by atoms with Crippen molar-refractivity contribution in [3.63, 3.8) is 0 Å². The number of carbonyl (C=O) groups is 1. The number of nitrogens with one attached hydrogen (secondary N) is 1. The predicted molar refractivity (Wildman–Crippen MR) is 122 cm³/mol. The zero-order chi connectivity index (χ0) is 23.0. The molecule has 1 aromatic heterocycles. The van der Waals surface area contributed by atoms with Crippen molar-refractivity contribution in [1.29, 1.82) is 0 Å². The van der Waals surface area contributed by atoms with Crippen molar-refractivity contribution in [1.82, 2.24) is 9.97 Å². The molecule has 3 N–H and O–H groups in total. The molecule has 33 heavy (non-hydrogen) atoms. The topological polar surface area (TPSA) is 137 Å². The molecular formula is C22H23N5O5S.